The summed E-state index contributed by atoms with van der Waals surface area (Å²) < 4.78 is 0. The third kappa shape index (κ3) is 4.96. The number of nitrogens with zero attached hydrogens (tertiary/aromatic N) is 2. The van der Waals surface area contributed by atoms with Gasteiger partial charge in [-0.3, -0.25) is 4.90 Å². The summed E-state index contributed by atoms with van der Waals surface area (Å²) in [5.41, 5.74) is 4.91. The molecule has 0 aliphatic carbocycles. The van der Waals surface area contributed by atoms with E-state index < -0.39 is 0 Å². The number of piperazine rings is 1. The molecule has 0 aromatic carbocycles. The van der Waals surface area contributed by atoms with Gasteiger partial charge in [-0.1, -0.05) is 13.3 Å². The van der Waals surface area contributed by atoms with Crippen molar-refractivity contribution in [1.29, 1.82) is 0 Å². The van der Waals surface area contributed by atoms with E-state index in [-0.39, 0.29) is 0 Å². The van der Waals surface area contributed by atoms with Gasteiger partial charge < -0.3 is 10.6 Å². The fourth-order valence-electron chi connectivity index (χ4n) is 2.18. The summed E-state index contributed by atoms with van der Waals surface area (Å²) in [5, 5.41) is 0. The second-order valence-corrected chi connectivity index (χ2v) is 4.85. The van der Waals surface area contributed by atoms with Gasteiger partial charge in [-0.05, 0) is 34.4 Å². The lowest BCUT2D eigenvalue weighted by Crippen LogP contribution is -2.53. The van der Waals surface area contributed by atoms with Crippen LogP contribution in [0.2, 0.25) is 0 Å². The molecule has 3 heteroatoms. The van der Waals surface area contributed by atoms with E-state index in [0.717, 1.165) is 0 Å². The summed E-state index contributed by atoms with van der Waals surface area (Å²) >= 11 is 0. The monoisotopic (exact) mass is 215 g/mol. The first-order chi connectivity index (χ1) is 7.06. The zero-order valence-electron chi connectivity index (χ0n) is 11.2. The van der Waals surface area contributed by atoms with Crippen molar-refractivity contribution in [1.82, 2.24) is 9.80 Å². The van der Waals surface area contributed by atoms with E-state index in [1.54, 1.807) is 0 Å². The summed E-state index contributed by atoms with van der Waals surface area (Å²) in [5.74, 6) is 0. The minimum Gasteiger partial charge on any atom is -0.333 e. The molecule has 1 rings (SSSR count). The highest BCUT2D eigenvalue weighted by Gasteiger charge is 2.27. The molecule has 0 unspecified atom stereocenters. The van der Waals surface area contributed by atoms with E-state index in [4.69, 9.17) is 0 Å². The van der Waals surface area contributed by atoms with Gasteiger partial charge in [0.2, 0.25) is 0 Å². The standard InChI is InChI=1S/C11H24N2.CH5N/c1-5-6-11(2,3)13-9-7-12(4)8-10-13;1-2/h5-10H2,1-4H3;2H2,1H3. The Morgan fingerprint density at radius 2 is 1.53 bits per heavy atom. The highest BCUT2D eigenvalue weighted by Crippen LogP contribution is 2.21. The fraction of sp³-hybridized carbons (Fsp3) is 1.00. The number of likely N-dealkylation sites (N-methyl/N-ethyl adjacent to an activating group) is 1. The number of nitrogens with two attached hydrogens (primary N) is 1. The Morgan fingerprint density at radius 1 is 1.07 bits per heavy atom. The normalized spacial score (nSPS) is 19.6. The molecule has 0 amide bonds. The SMILES string of the molecule is CCCC(C)(C)N1CCN(C)CC1.CN. The van der Waals surface area contributed by atoms with Gasteiger partial charge in [-0.2, -0.15) is 0 Å². The fourth-order valence-corrected chi connectivity index (χ4v) is 2.18. The van der Waals surface area contributed by atoms with Crippen molar-refractivity contribution < 1.29 is 0 Å². The Morgan fingerprint density at radius 3 is 1.93 bits per heavy atom. The van der Waals surface area contributed by atoms with Crippen LogP contribution < -0.4 is 5.73 Å². The van der Waals surface area contributed by atoms with Gasteiger partial charge in [0.15, 0.2) is 0 Å². The van der Waals surface area contributed by atoms with E-state index in [9.17, 15) is 0 Å². The summed E-state index contributed by atoms with van der Waals surface area (Å²) in [6.07, 6.45) is 2.61. The van der Waals surface area contributed by atoms with Crippen molar-refractivity contribution in [2.75, 3.05) is 40.3 Å². The maximum atomic E-state index is 4.50. The molecule has 0 spiro atoms. The third-order valence-electron chi connectivity index (χ3n) is 3.22. The van der Waals surface area contributed by atoms with Gasteiger partial charge in [-0.25, -0.2) is 0 Å². The van der Waals surface area contributed by atoms with Crippen molar-refractivity contribution in [3.63, 3.8) is 0 Å². The summed E-state index contributed by atoms with van der Waals surface area (Å²) in [6, 6.07) is 0. The smallest absolute Gasteiger partial charge is 0.0154 e. The highest BCUT2D eigenvalue weighted by atomic mass is 15.3. The summed E-state index contributed by atoms with van der Waals surface area (Å²) in [4.78, 5) is 5.05. The molecule has 0 aromatic heterocycles. The molecule has 0 saturated carbocycles. The van der Waals surface area contributed by atoms with Crippen molar-refractivity contribution in [2.24, 2.45) is 5.73 Å². The van der Waals surface area contributed by atoms with Crippen LogP contribution in [0.1, 0.15) is 33.6 Å². The molecule has 1 aliphatic rings. The lowest BCUT2D eigenvalue weighted by atomic mass is 9.95. The summed E-state index contributed by atoms with van der Waals surface area (Å²) in [7, 11) is 3.71. The first-order valence-electron chi connectivity index (χ1n) is 6.07. The average molecular weight is 215 g/mol. The van der Waals surface area contributed by atoms with E-state index in [2.05, 4.69) is 43.4 Å². The van der Waals surface area contributed by atoms with Crippen LogP contribution in [0.5, 0.6) is 0 Å². The topological polar surface area (TPSA) is 32.5 Å². The van der Waals surface area contributed by atoms with E-state index >= 15 is 0 Å². The van der Waals surface area contributed by atoms with Crippen LogP contribution in [0.4, 0.5) is 0 Å². The molecular formula is C12H29N3. The van der Waals surface area contributed by atoms with E-state index in [1.165, 1.54) is 46.1 Å². The average Bonchev–Trinajstić information content (AvgIpc) is 2.21. The predicted molar refractivity (Wildman–Crippen MR) is 68.2 cm³/mol. The maximum Gasteiger partial charge on any atom is 0.0154 e. The molecule has 1 aliphatic heterocycles. The molecule has 0 bridgehead atoms. The van der Waals surface area contributed by atoms with Crippen molar-refractivity contribution in [3.8, 4) is 0 Å². The zero-order valence-corrected chi connectivity index (χ0v) is 11.2. The Balaban J connectivity index is 0.000000921. The van der Waals surface area contributed by atoms with Gasteiger partial charge in [0.25, 0.3) is 0 Å². The van der Waals surface area contributed by atoms with Gasteiger partial charge >= 0.3 is 0 Å². The molecule has 1 saturated heterocycles. The molecule has 2 N–H and O–H groups in total. The van der Waals surface area contributed by atoms with Gasteiger partial charge in [0.1, 0.15) is 0 Å². The molecule has 0 atom stereocenters. The van der Waals surface area contributed by atoms with Crippen LogP contribution in [0.25, 0.3) is 0 Å². The second kappa shape index (κ2) is 7.20. The van der Waals surface area contributed by atoms with E-state index in [1.807, 2.05) is 0 Å². The Kier molecular flexibility index (Phi) is 7.14. The minimum absolute atomic E-state index is 0.413. The van der Waals surface area contributed by atoms with Crippen LogP contribution in [0.3, 0.4) is 0 Å². The molecular weight excluding hydrogens is 186 g/mol. The highest BCUT2D eigenvalue weighted by molar-refractivity contribution is 4.84. The quantitative estimate of drug-likeness (QED) is 0.772. The summed E-state index contributed by atoms with van der Waals surface area (Å²) in [6.45, 7) is 12.0. The number of rotatable bonds is 3. The minimum atomic E-state index is 0.413. The Bertz CT molecular complexity index is 149. The molecule has 15 heavy (non-hydrogen) atoms. The Labute approximate surface area is 95.6 Å². The predicted octanol–water partition coefficient (Wildman–Crippen LogP) is 1.39. The largest absolute Gasteiger partial charge is 0.333 e. The van der Waals surface area contributed by atoms with Gasteiger partial charge in [-0.15, -0.1) is 0 Å². The zero-order chi connectivity index (χ0) is 11.9. The Hall–Kier alpha value is -0.120. The van der Waals surface area contributed by atoms with Crippen molar-refractivity contribution in [2.45, 2.75) is 39.2 Å². The third-order valence-corrected chi connectivity index (χ3v) is 3.22. The van der Waals surface area contributed by atoms with Crippen molar-refractivity contribution in [3.05, 3.63) is 0 Å². The first kappa shape index (κ1) is 14.9. The first-order valence-corrected chi connectivity index (χ1v) is 6.07. The molecule has 92 valence electrons. The van der Waals surface area contributed by atoms with Crippen LogP contribution in [-0.2, 0) is 0 Å². The number of hydrogen-bond acceptors (Lipinski definition) is 3. The van der Waals surface area contributed by atoms with Crippen molar-refractivity contribution >= 4 is 0 Å². The molecule has 0 radical (unpaired) electrons. The van der Waals surface area contributed by atoms with Crippen LogP contribution in [0, 0.1) is 0 Å². The lowest BCUT2D eigenvalue weighted by Gasteiger charge is -2.43. The second-order valence-electron chi connectivity index (χ2n) is 4.85. The van der Waals surface area contributed by atoms with Gasteiger partial charge in [0.05, 0.1) is 0 Å². The van der Waals surface area contributed by atoms with Crippen LogP contribution in [-0.4, -0.2) is 55.6 Å². The van der Waals surface area contributed by atoms with Gasteiger partial charge in [0, 0.05) is 31.7 Å². The molecule has 0 aromatic rings. The van der Waals surface area contributed by atoms with Crippen LogP contribution >= 0.6 is 0 Å². The molecule has 1 fully saturated rings. The number of hydrogen-bond donors (Lipinski definition) is 1. The lowest BCUT2D eigenvalue weighted by molar-refractivity contribution is 0.0563. The molecule has 1 heterocycles. The maximum absolute atomic E-state index is 4.50. The van der Waals surface area contributed by atoms with E-state index in [0.29, 0.717) is 5.54 Å². The van der Waals surface area contributed by atoms with Crippen LogP contribution in [0.15, 0.2) is 0 Å². The molecule has 3 nitrogen and oxygen atoms in total.